The van der Waals surface area contributed by atoms with Gasteiger partial charge < -0.3 is 20.2 Å². The molecule has 0 bridgehead atoms. The zero-order valence-electron chi connectivity index (χ0n) is 15.9. The van der Waals surface area contributed by atoms with Crippen molar-refractivity contribution in [1.29, 1.82) is 0 Å². The van der Waals surface area contributed by atoms with Gasteiger partial charge in [-0.05, 0) is 26.8 Å². The second-order valence-corrected chi connectivity index (χ2v) is 6.53. The number of nitrogens with two attached hydrogens (primary N) is 2. The molecular weight excluding hydrogens is 386 g/mol. The number of anilines is 1. The summed E-state index contributed by atoms with van der Waals surface area (Å²) >= 11 is 6.16. The molecule has 0 radical (unpaired) electrons. The zero-order valence-corrected chi connectivity index (χ0v) is 16.6. The van der Waals surface area contributed by atoms with Gasteiger partial charge in [-0.1, -0.05) is 29.8 Å². The minimum atomic E-state index is -0.899. The number of ether oxygens (including phenoxy) is 1. The molecule has 2 amide bonds. The van der Waals surface area contributed by atoms with Gasteiger partial charge >= 0.3 is 5.97 Å². The first kappa shape index (κ1) is 21.5. The number of rotatable bonds is 8. The van der Waals surface area contributed by atoms with Crippen LogP contribution in [0, 0.1) is 6.92 Å². The number of amides is 2. The lowest BCUT2D eigenvalue weighted by molar-refractivity contribution is -0.682. The van der Waals surface area contributed by atoms with Crippen molar-refractivity contribution in [2.24, 2.45) is 5.73 Å². The molecule has 9 heteroatoms. The Bertz CT molecular complexity index is 894. The van der Waals surface area contributed by atoms with Crippen LogP contribution in [-0.4, -0.2) is 30.9 Å². The summed E-state index contributed by atoms with van der Waals surface area (Å²) in [6.45, 7) is 5.20. The SMILES string of the molecule is CCOC(=O)c1c(C)oc(NC(=O)C[NH2+][C@@H](C)c2ccccc2Cl)c1C(N)=O. The van der Waals surface area contributed by atoms with Gasteiger partial charge in [0.2, 0.25) is 5.88 Å². The monoisotopic (exact) mass is 408 g/mol. The molecule has 0 spiro atoms. The Morgan fingerprint density at radius 2 is 1.96 bits per heavy atom. The van der Waals surface area contributed by atoms with Gasteiger partial charge in [0.1, 0.15) is 22.9 Å². The minimum Gasteiger partial charge on any atom is -0.462 e. The predicted molar refractivity (Wildman–Crippen MR) is 103 cm³/mol. The Morgan fingerprint density at radius 1 is 1.29 bits per heavy atom. The maximum Gasteiger partial charge on any atom is 0.342 e. The summed E-state index contributed by atoms with van der Waals surface area (Å²) in [6, 6.07) is 7.30. The molecule has 0 aliphatic rings. The van der Waals surface area contributed by atoms with Crippen LogP contribution in [0.25, 0.3) is 0 Å². The third kappa shape index (κ3) is 4.90. The number of carbonyl (C=O) groups is 3. The molecule has 1 atom stereocenters. The molecule has 2 rings (SSSR count). The maximum absolute atomic E-state index is 12.3. The molecular formula is C19H23ClN3O5+. The predicted octanol–water partition coefficient (Wildman–Crippen LogP) is 1.78. The van der Waals surface area contributed by atoms with E-state index in [2.05, 4.69) is 5.32 Å². The molecule has 0 unspecified atom stereocenters. The van der Waals surface area contributed by atoms with Crippen molar-refractivity contribution in [3.05, 3.63) is 51.7 Å². The van der Waals surface area contributed by atoms with E-state index in [1.54, 1.807) is 18.3 Å². The second-order valence-electron chi connectivity index (χ2n) is 6.12. The van der Waals surface area contributed by atoms with Crippen molar-refractivity contribution in [2.45, 2.75) is 26.8 Å². The molecule has 28 heavy (non-hydrogen) atoms. The van der Waals surface area contributed by atoms with Crippen molar-refractivity contribution in [1.82, 2.24) is 0 Å². The van der Waals surface area contributed by atoms with Gasteiger partial charge in [0, 0.05) is 10.6 Å². The highest BCUT2D eigenvalue weighted by molar-refractivity contribution is 6.31. The van der Waals surface area contributed by atoms with E-state index in [0.29, 0.717) is 5.02 Å². The number of esters is 1. The number of furan rings is 1. The van der Waals surface area contributed by atoms with E-state index < -0.39 is 17.8 Å². The number of nitrogens with one attached hydrogen (secondary N) is 1. The summed E-state index contributed by atoms with van der Waals surface area (Å²) in [6.07, 6.45) is 0. The fourth-order valence-electron chi connectivity index (χ4n) is 2.75. The highest BCUT2D eigenvalue weighted by Crippen LogP contribution is 2.27. The molecule has 0 saturated heterocycles. The molecule has 1 heterocycles. The van der Waals surface area contributed by atoms with Crippen molar-refractivity contribution in [3.8, 4) is 0 Å². The first-order chi connectivity index (χ1) is 13.3. The van der Waals surface area contributed by atoms with Crippen LogP contribution in [0.1, 0.15) is 51.9 Å². The van der Waals surface area contributed by atoms with E-state index in [1.807, 2.05) is 25.1 Å². The van der Waals surface area contributed by atoms with Crippen LogP contribution < -0.4 is 16.4 Å². The van der Waals surface area contributed by atoms with Gasteiger partial charge in [-0.3, -0.25) is 14.9 Å². The molecule has 1 aromatic heterocycles. The highest BCUT2D eigenvalue weighted by atomic mass is 35.5. The summed E-state index contributed by atoms with van der Waals surface area (Å²) in [4.78, 5) is 36.2. The molecule has 150 valence electrons. The maximum atomic E-state index is 12.3. The summed E-state index contributed by atoms with van der Waals surface area (Å²) in [5.74, 6) is -2.10. The molecule has 5 N–H and O–H groups in total. The van der Waals surface area contributed by atoms with Gasteiger partial charge in [-0.2, -0.15) is 0 Å². The van der Waals surface area contributed by atoms with Crippen LogP contribution in [0.2, 0.25) is 5.02 Å². The fourth-order valence-corrected chi connectivity index (χ4v) is 3.06. The van der Waals surface area contributed by atoms with Crippen LogP contribution in [0.3, 0.4) is 0 Å². The van der Waals surface area contributed by atoms with Gasteiger partial charge in [0.05, 0.1) is 6.61 Å². The number of benzene rings is 1. The molecule has 0 aliphatic heterocycles. The summed E-state index contributed by atoms with van der Waals surface area (Å²) < 4.78 is 10.3. The molecule has 0 fully saturated rings. The van der Waals surface area contributed by atoms with Crippen molar-refractivity contribution < 1.29 is 28.9 Å². The van der Waals surface area contributed by atoms with Crippen molar-refractivity contribution >= 4 is 35.3 Å². The number of halogens is 1. The number of hydrogen-bond acceptors (Lipinski definition) is 5. The third-order valence-corrected chi connectivity index (χ3v) is 4.46. The Kier molecular flexibility index (Phi) is 7.19. The highest BCUT2D eigenvalue weighted by Gasteiger charge is 2.29. The molecule has 1 aromatic carbocycles. The van der Waals surface area contributed by atoms with E-state index in [0.717, 1.165) is 5.56 Å². The number of primary amides is 1. The van der Waals surface area contributed by atoms with E-state index >= 15 is 0 Å². The topological polar surface area (TPSA) is 128 Å². The van der Waals surface area contributed by atoms with Crippen LogP contribution in [-0.2, 0) is 9.53 Å². The average Bonchev–Trinajstić information content (AvgIpc) is 2.96. The Labute approximate surface area is 167 Å². The smallest absolute Gasteiger partial charge is 0.342 e. The Morgan fingerprint density at radius 3 is 2.57 bits per heavy atom. The van der Waals surface area contributed by atoms with E-state index in [-0.39, 0.29) is 42.0 Å². The number of carbonyl (C=O) groups excluding carboxylic acids is 3. The van der Waals surface area contributed by atoms with Gasteiger partial charge in [0.25, 0.3) is 11.8 Å². The first-order valence-corrected chi connectivity index (χ1v) is 9.11. The lowest BCUT2D eigenvalue weighted by atomic mass is 10.1. The summed E-state index contributed by atoms with van der Waals surface area (Å²) in [7, 11) is 0. The Hall–Kier alpha value is -2.84. The largest absolute Gasteiger partial charge is 0.462 e. The third-order valence-electron chi connectivity index (χ3n) is 4.12. The average molecular weight is 409 g/mol. The summed E-state index contributed by atoms with van der Waals surface area (Å²) in [5.41, 5.74) is 5.98. The number of quaternary nitrogens is 1. The minimum absolute atomic E-state index is 0.0408. The summed E-state index contributed by atoms with van der Waals surface area (Å²) in [5, 5.41) is 4.89. The van der Waals surface area contributed by atoms with E-state index in [1.165, 1.54) is 6.92 Å². The second kappa shape index (κ2) is 9.38. The van der Waals surface area contributed by atoms with Crippen LogP contribution in [0.15, 0.2) is 28.7 Å². The zero-order chi connectivity index (χ0) is 20.8. The lowest BCUT2D eigenvalue weighted by Gasteiger charge is -2.12. The van der Waals surface area contributed by atoms with Gasteiger partial charge in [0.15, 0.2) is 6.54 Å². The van der Waals surface area contributed by atoms with Gasteiger partial charge in [-0.25, -0.2) is 4.79 Å². The standard InChI is InChI=1S/C19H22ClN3O5/c1-4-27-19(26)15-11(3)28-18(16(15)17(21)25)23-14(24)9-22-10(2)12-7-5-6-8-13(12)20/h5-8,10,22H,4,9H2,1-3H3,(H2,21,25)(H,23,24)/p+1/t10-/m0/s1. The van der Waals surface area contributed by atoms with Crippen molar-refractivity contribution in [3.63, 3.8) is 0 Å². The normalized spacial score (nSPS) is 11.7. The molecule has 2 aromatic rings. The van der Waals surface area contributed by atoms with Crippen LogP contribution in [0.4, 0.5) is 5.88 Å². The van der Waals surface area contributed by atoms with Crippen molar-refractivity contribution in [2.75, 3.05) is 18.5 Å². The van der Waals surface area contributed by atoms with Crippen LogP contribution >= 0.6 is 11.6 Å². The fraction of sp³-hybridized carbons (Fsp3) is 0.316. The number of aryl methyl sites for hydroxylation is 1. The van der Waals surface area contributed by atoms with Gasteiger partial charge in [-0.15, -0.1) is 0 Å². The van der Waals surface area contributed by atoms with E-state index in [4.69, 9.17) is 26.5 Å². The lowest BCUT2D eigenvalue weighted by Crippen LogP contribution is -2.86. The molecule has 0 saturated carbocycles. The molecule has 8 nitrogen and oxygen atoms in total. The number of hydrogen-bond donors (Lipinski definition) is 3. The first-order valence-electron chi connectivity index (χ1n) is 8.74. The quantitative estimate of drug-likeness (QED) is 0.573. The van der Waals surface area contributed by atoms with E-state index in [9.17, 15) is 14.4 Å². The molecule has 0 aliphatic carbocycles. The Balaban J connectivity index is 2.11. The van der Waals surface area contributed by atoms with Crippen LogP contribution in [0.5, 0.6) is 0 Å².